The molecule has 1 aromatic heterocycles. The molecule has 100 valence electrons. The summed E-state index contributed by atoms with van der Waals surface area (Å²) in [6.45, 7) is 2.76. The smallest absolute Gasteiger partial charge is 0.268 e. The Morgan fingerprint density at radius 1 is 1.61 bits per heavy atom. The molecule has 1 heterocycles. The second-order valence-corrected chi connectivity index (χ2v) is 6.12. The van der Waals surface area contributed by atoms with Gasteiger partial charge in [0, 0.05) is 29.3 Å². The number of carbonyl (C=O) groups excluding carboxylic acids is 1. The number of likely N-dealkylation sites (N-methyl/N-ethyl adjacent to an activating group) is 1. The zero-order valence-corrected chi connectivity index (χ0v) is 12.7. The molecule has 1 aromatic rings. The Hall–Kier alpha value is -0.810. The molecule has 1 N–H and O–H groups in total. The molecule has 1 atom stereocenters. The van der Waals surface area contributed by atoms with Crippen LogP contribution in [0.4, 0.5) is 0 Å². The molecule has 1 aliphatic carbocycles. The SMILES string of the molecule is CC(CNC(=O)c1cc(Br)cn1C1CC1)N(C)C. The highest BCUT2D eigenvalue weighted by atomic mass is 79.9. The minimum atomic E-state index is 0.0151. The van der Waals surface area contributed by atoms with Crippen molar-refractivity contribution in [3.05, 3.63) is 22.4 Å². The van der Waals surface area contributed by atoms with Crippen molar-refractivity contribution in [1.82, 2.24) is 14.8 Å². The van der Waals surface area contributed by atoms with E-state index in [0.29, 0.717) is 18.6 Å². The van der Waals surface area contributed by atoms with Gasteiger partial charge in [0.05, 0.1) is 0 Å². The van der Waals surface area contributed by atoms with E-state index < -0.39 is 0 Å². The molecule has 0 saturated heterocycles. The van der Waals surface area contributed by atoms with Gasteiger partial charge in [0.2, 0.25) is 0 Å². The van der Waals surface area contributed by atoms with Crippen molar-refractivity contribution in [2.45, 2.75) is 31.8 Å². The summed E-state index contributed by atoms with van der Waals surface area (Å²) in [7, 11) is 4.03. The fourth-order valence-electron chi connectivity index (χ4n) is 1.80. The summed E-state index contributed by atoms with van der Waals surface area (Å²) >= 11 is 3.44. The van der Waals surface area contributed by atoms with Crippen LogP contribution in [0.3, 0.4) is 0 Å². The third kappa shape index (κ3) is 3.14. The van der Waals surface area contributed by atoms with E-state index >= 15 is 0 Å². The van der Waals surface area contributed by atoms with Crippen LogP contribution >= 0.6 is 15.9 Å². The minimum absolute atomic E-state index is 0.0151. The standard InChI is InChI=1S/C13H20BrN3O/c1-9(16(2)3)7-15-13(18)12-6-10(14)8-17(12)11-4-5-11/h6,8-9,11H,4-5,7H2,1-3H3,(H,15,18). The van der Waals surface area contributed by atoms with Crippen molar-refractivity contribution in [2.24, 2.45) is 0 Å². The lowest BCUT2D eigenvalue weighted by molar-refractivity contribution is 0.0934. The summed E-state index contributed by atoms with van der Waals surface area (Å²) in [4.78, 5) is 14.3. The van der Waals surface area contributed by atoms with Crippen LogP contribution in [0, 0.1) is 0 Å². The topological polar surface area (TPSA) is 37.3 Å². The van der Waals surface area contributed by atoms with Crippen molar-refractivity contribution in [2.75, 3.05) is 20.6 Å². The molecule has 0 bridgehead atoms. The number of nitrogens with one attached hydrogen (secondary N) is 1. The maximum Gasteiger partial charge on any atom is 0.268 e. The van der Waals surface area contributed by atoms with Crippen LogP contribution in [0.1, 0.15) is 36.3 Å². The van der Waals surface area contributed by atoms with Gasteiger partial charge in [0.25, 0.3) is 5.91 Å². The van der Waals surface area contributed by atoms with E-state index in [1.165, 1.54) is 12.8 Å². The molecule has 0 aliphatic heterocycles. The average Bonchev–Trinajstić information content (AvgIpc) is 3.08. The lowest BCUT2D eigenvalue weighted by Gasteiger charge is -2.20. The highest BCUT2D eigenvalue weighted by molar-refractivity contribution is 9.10. The fraction of sp³-hybridized carbons (Fsp3) is 0.615. The summed E-state index contributed by atoms with van der Waals surface area (Å²) in [5, 5.41) is 2.99. The van der Waals surface area contributed by atoms with E-state index in [0.717, 1.165) is 10.2 Å². The van der Waals surface area contributed by atoms with Gasteiger partial charge < -0.3 is 14.8 Å². The number of carbonyl (C=O) groups is 1. The Morgan fingerprint density at radius 3 is 2.83 bits per heavy atom. The zero-order chi connectivity index (χ0) is 13.3. The lowest BCUT2D eigenvalue weighted by Crippen LogP contribution is -2.38. The van der Waals surface area contributed by atoms with Crippen LogP contribution < -0.4 is 5.32 Å². The summed E-state index contributed by atoms with van der Waals surface area (Å²) in [6.07, 6.45) is 4.35. The molecule has 0 aromatic carbocycles. The first-order valence-corrected chi connectivity index (χ1v) is 7.10. The van der Waals surface area contributed by atoms with Gasteiger partial charge in [-0.1, -0.05) is 0 Å². The maximum atomic E-state index is 12.2. The lowest BCUT2D eigenvalue weighted by atomic mass is 10.3. The Labute approximate surface area is 116 Å². The van der Waals surface area contributed by atoms with Crippen LogP contribution in [-0.4, -0.2) is 42.1 Å². The third-order valence-electron chi connectivity index (χ3n) is 3.43. The van der Waals surface area contributed by atoms with Gasteiger partial charge in [-0.3, -0.25) is 4.79 Å². The number of hydrogen-bond acceptors (Lipinski definition) is 2. The van der Waals surface area contributed by atoms with Gasteiger partial charge in [-0.2, -0.15) is 0 Å². The number of hydrogen-bond donors (Lipinski definition) is 1. The first kappa shape index (κ1) is 13.6. The van der Waals surface area contributed by atoms with Crippen molar-refractivity contribution in [3.63, 3.8) is 0 Å². The number of halogens is 1. The van der Waals surface area contributed by atoms with E-state index in [1.807, 2.05) is 26.4 Å². The number of rotatable bonds is 5. The van der Waals surface area contributed by atoms with Gasteiger partial charge in [0.1, 0.15) is 5.69 Å². The maximum absolute atomic E-state index is 12.2. The Bertz CT molecular complexity index is 437. The molecule has 4 nitrogen and oxygen atoms in total. The third-order valence-corrected chi connectivity index (χ3v) is 3.86. The highest BCUT2D eigenvalue weighted by Crippen LogP contribution is 2.37. The molecule has 0 spiro atoms. The number of nitrogens with zero attached hydrogens (tertiary/aromatic N) is 2. The van der Waals surface area contributed by atoms with Crippen molar-refractivity contribution >= 4 is 21.8 Å². The quantitative estimate of drug-likeness (QED) is 0.905. The molecule has 1 unspecified atom stereocenters. The molecule has 2 rings (SSSR count). The van der Waals surface area contributed by atoms with E-state index in [9.17, 15) is 4.79 Å². The number of aromatic nitrogens is 1. The van der Waals surface area contributed by atoms with Crippen molar-refractivity contribution in [1.29, 1.82) is 0 Å². The van der Waals surface area contributed by atoms with E-state index in [4.69, 9.17) is 0 Å². The van der Waals surface area contributed by atoms with Crippen LogP contribution in [0.5, 0.6) is 0 Å². The molecule has 1 amide bonds. The normalized spacial score (nSPS) is 16.9. The van der Waals surface area contributed by atoms with Crippen LogP contribution in [0.25, 0.3) is 0 Å². The van der Waals surface area contributed by atoms with E-state index in [1.54, 1.807) is 0 Å². The minimum Gasteiger partial charge on any atom is -0.349 e. The van der Waals surface area contributed by atoms with Gasteiger partial charge in [0.15, 0.2) is 0 Å². The number of amides is 1. The Balaban J connectivity index is 2.00. The second kappa shape index (κ2) is 5.45. The molecule has 1 aliphatic rings. The van der Waals surface area contributed by atoms with Gasteiger partial charge in [-0.25, -0.2) is 0 Å². The molecule has 1 saturated carbocycles. The highest BCUT2D eigenvalue weighted by Gasteiger charge is 2.27. The van der Waals surface area contributed by atoms with Crippen molar-refractivity contribution in [3.8, 4) is 0 Å². The largest absolute Gasteiger partial charge is 0.349 e. The molecule has 18 heavy (non-hydrogen) atoms. The monoisotopic (exact) mass is 313 g/mol. The van der Waals surface area contributed by atoms with Gasteiger partial charge in [-0.15, -0.1) is 0 Å². The molecule has 1 fully saturated rings. The Morgan fingerprint density at radius 2 is 2.28 bits per heavy atom. The average molecular weight is 314 g/mol. The predicted molar refractivity (Wildman–Crippen MR) is 75.9 cm³/mol. The van der Waals surface area contributed by atoms with Crippen LogP contribution in [-0.2, 0) is 0 Å². The zero-order valence-electron chi connectivity index (χ0n) is 11.1. The van der Waals surface area contributed by atoms with Crippen molar-refractivity contribution < 1.29 is 4.79 Å². The van der Waals surface area contributed by atoms with Gasteiger partial charge >= 0.3 is 0 Å². The second-order valence-electron chi connectivity index (χ2n) is 5.20. The first-order chi connectivity index (χ1) is 8.49. The Kier molecular flexibility index (Phi) is 4.12. The van der Waals surface area contributed by atoms with Gasteiger partial charge in [-0.05, 0) is 55.9 Å². The molecular formula is C13H20BrN3O. The summed E-state index contributed by atoms with van der Waals surface area (Å²) in [6, 6.07) is 2.75. The van der Waals surface area contributed by atoms with Crippen LogP contribution in [0.2, 0.25) is 0 Å². The molecular weight excluding hydrogens is 294 g/mol. The summed E-state index contributed by atoms with van der Waals surface area (Å²) in [5.41, 5.74) is 0.760. The predicted octanol–water partition coefficient (Wildman–Crippen LogP) is 2.27. The van der Waals surface area contributed by atoms with Crippen LogP contribution in [0.15, 0.2) is 16.7 Å². The molecule has 5 heteroatoms. The molecule has 0 radical (unpaired) electrons. The summed E-state index contributed by atoms with van der Waals surface area (Å²) < 4.78 is 3.06. The van der Waals surface area contributed by atoms with E-state index in [-0.39, 0.29) is 5.91 Å². The first-order valence-electron chi connectivity index (χ1n) is 6.31. The van der Waals surface area contributed by atoms with E-state index in [2.05, 4.69) is 37.6 Å². The summed E-state index contributed by atoms with van der Waals surface area (Å²) in [5.74, 6) is 0.0151. The fourth-order valence-corrected chi connectivity index (χ4v) is 2.23.